The second kappa shape index (κ2) is 5.85. The van der Waals surface area contributed by atoms with Gasteiger partial charge in [0.25, 0.3) is 0 Å². The third-order valence-corrected chi connectivity index (χ3v) is 2.50. The molecule has 0 aliphatic carbocycles. The molecular formula is C12H17N3O2. The molecule has 0 saturated heterocycles. The number of rotatable bonds is 5. The first kappa shape index (κ1) is 13.0. The van der Waals surface area contributed by atoms with E-state index in [0.29, 0.717) is 30.2 Å². The Kier molecular flexibility index (Phi) is 4.46. The van der Waals surface area contributed by atoms with Crippen molar-refractivity contribution in [3.05, 3.63) is 12.1 Å². The van der Waals surface area contributed by atoms with Crippen molar-refractivity contribution in [2.24, 2.45) is 0 Å². The largest absolute Gasteiger partial charge is 0.493 e. The Hall–Kier alpha value is -2.09. The van der Waals surface area contributed by atoms with Crippen LogP contribution in [-0.4, -0.2) is 27.8 Å². The maximum absolute atomic E-state index is 8.56. The lowest BCUT2D eigenvalue weighted by atomic mass is 10.2. The standard InChI is InChI=1S/C12H17N3O2/c1-15(6-4-5-13)10-8-12(17-3)11(16-2)7-9(10)14/h7-8H,4,6,14H2,1-3H3. The third-order valence-electron chi connectivity index (χ3n) is 2.50. The van der Waals surface area contributed by atoms with Gasteiger partial charge >= 0.3 is 0 Å². The Balaban J connectivity index is 3.04. The molecule has 2 N–H and O–H groups in total. The third kappa shape index (κ3) is 2.94. The predicted octanol–water partition coefficient (Wildman–Crippen LogP) is 1.64. The normalized spacial score (nSPS) is 9.53. The van der Waals surface area contributed by atoms with Gasteiger partial charge in [0.1, 0.15) is 0 Å². The number of nitrogen functional groups attached to an aromatic ring is 1. The zero-order valence-corrected chi connectivity index (χ0v) is 10.4. The van der Waals surface area contributed by atoms with Crippen LogP contribution in [-0.2, 0) is 0 Å². The van der Waals surface area contributed by atoms with Crippen molar-refractivity contribution in [3.8, 4) is 17.6 Å². The van der Waals surface area contributed by atoms with E-state index in [9.17, 15) is 0 Å². The molecular weight excluding hydrogens is 218 g/mol. The van der Waals surface area contributed by atoms with Crippen molar-refractivity contribution in [2.75, 3.05) is 38.4 Å². The summed E-state index contributed by atoms with van der Waals surface area (Å²) in [7, 11) is 5.03. The van der Waals surface area contributed by atoms with E-state index in [1.807, 2.05) is 18.0 Å². The molecule has 0 aliphatic heterocycles. The molecule has 0 heterocycles. The highest BCUT2D eigenvalue weighted by Gasteiger charge is 2.11. The number of nitrogens with two attached hydrogens (primary N) is 1. The van der Waals surface area contributed by atoms with Crippen LogP contribution in [0.3, 0.4) is 0 Å². The second-order valence-electron chi connectivity index (χ2n) is 3.60. The first-order valence-electron chi connectivity index (χ1n) is 5.23. The number of hydrogen-bond acceptors (Lipinski definition) is 5. The first-order valence-corrected chi connectivity index (χ1v) is 5.23. The van der Waals surface area contributed by atoms with Crippen LogP contribution in [0.5, 0.6) is 11.5 Å². The maximum atomic E-state index is 8.56. The van der Waals surface area contributed by atoms with Gasteiger partial charge in [0.2, 0.25) is 0 Å². The molecule has 0 unspecified atom stereocenters. The monoisotopic (exact) mass is 235 g/mol. The van der Waals surface area contributed by atoms with Gasteiger partial charge in [0.05, 0.1) is 38.1 Å². The number of benzene rings is 1. The summed E-state index contributed by atoms with van der Waals surface area (Å²) in [6.45, 7) is 0.621. The molecule has 0 bridgehead atoms. The van der Waals surface area contributed by atoms with Gasteiger partial charge in [-0.2, -0.15) is 5.26 Å². The van der Waals surface area contributed by atoms with Gasteiger partial charge in [-0.05, 0) is 0 Å². The van der Waals surface area contributed by atoms with E-state index in [1.54, 1.807) is 20.3 Å². The highest BCUT2D eigenvalue weighted by Crippen LogP contribution is 2.36. The van der Waals surface area contributed by atoms with E-state index in [1.165, 1.54) is 0 Å². The van der Waals surface area contributed by atoms with Crippen molar-refractivity contribution >= 4 is 11.4 Å². The van der Waals surface area contributed by atoms with Crippen LogP contribution in [0.25, 0.3) is 0 Å². The number of anilines is 2. The Morgan fingerprint density at radius 2 is 1.88 bits per heavy atom. The van der Waals surface area contributed by atoms with E-state index in [4.69, 9.17) is 20.5 Å². The fourth-order valence-corrected chi connectivity index (χ4v) is 1.55. The quantitative estimate of drug-likeness (QED) is 0.785. The van der Waals surface area contributed by atoms with E-state index >= 15 is 0 Å². The molecule has 0 saturated carbocycles. The number of hydrogen-bond donors (Lipinski definition) is 1. The molecule has 0 fully saturated rings. The molecule has 1 aromatic rings. The molecule has 92 valence electrons. The van der Waals surface area contributed by atoms with Crippen LogP contribution in [0, 0.1) is 11.3 Å². The molecule has 0 amide bonds. The van der Waals surface area contributed by atoms with Gasteiger partial charge in [-0.25, -0.2) is 0 Å². The summed E-state index contributed by atoms with van der Waals surface area (Å²) in [4.78, 5) is 1.92. The highest BCUT2D eigenvalue weighted by atomic mass is 16.5. The minimum atomic E-state index is 0.449. The van der Waals surface area contributed by atoms with E-state index in [-0.39, 0.29) is 0 Å². The van der Waals surface area contributed by atoms with Crippen LogP contribution < -0.4 is 20.1 Å². The lowest BCUT2D eigenvalue weighted by Gasteiger charge is -2.21. The van der Waals surface area contributed by atoms with Crippen LogP contribution >= 0.6 is 0 Å². The number of nitrogens with zero attached hydrogens (tertiary/aromatic N) is 2. The van der Waals surface area contributed by atoms with Crippen molar-refractivity contribution in [1.82, 2.24) is 0 Å². The molecule has 17 heavy (non-hydrogen) atoms. The number of nitriles is 1. The van der Waals surface area contributed by atoms with Crippen LogP contribution in [0.15, 0.2) is 12.1 Å². The lowest BCUT2D eigenvalue weighted by Crippen LogP contribution is -2.19. The Morgan fingerprint density at radius 3 is 2.41 bits per heavy atom. The Morgan fingerprint density at radius 1 is 1.29 bits per heavy atom. The summed E-state index contributed by atoms with van der Waals surface area (Å²) in [6.07, 6.45) is 0.449. The lowest BCUT2D eigenvalue weighted by molar-refractivity contribution is 0.355. The fraction of sp³-hybridized carbons (Fsp3) is 0.417. The molecule has 0 radical (unpaired) electrons. The Bertz CT molecular complexity index is 426. The Labute approximate surface area is 101 Å². The first-order chi connectivity index (χ1) is 8.13. The van der Waals surface area contributed by atoms with Gasteiger partial charge in [0.15, 0.2) is 11.5 Å². The van der Waals surface area contributed by atoms with Gasteiger partial charge in [-0.1, -0.05) is 0 Å². The summed E-state index contributed by atoms with van der Waals surface area (Å²) >= 11 is 0. The molecule has 1 rings (SSSR count). The van der Waals surface area contributed by atoms with Crippen LogP contribution in [0.4, 0.5) is 11.4 Å². The van der Waals surface area contributed by atoms with Gasteiger partial charge in [-0.15, -0.1) is 0 Å². The molecule has 0 atom stereocenters. The number of ether oxygens (including phenoxy) is 2. The average molecular weight is 235 g/mol. The molecule has 5 nitrogen and oxygen atoms in total. The van der Waals surface area contributed by atoms with Crippen LogP contribution in [0.2, 0.25) is 0 Å². The van der Waals surface area contributed by atoms with E-state index in [0.717, 1.165) is 5.69 Å². The highest BCUT2D eigenvalue weighted by molar-refractivity contribution is 5.72. The topological polar surface area (TPSA) is 71.5 Å². The summed E-state index contributed by atoms with van der Waals surface area (Å²) < 4.78 is 10.4. The molecule has 0 aliphatic rings. The SMILES string of the molecule is COc1cc(N)c(N(C)CCC#N)cc1OC. The summed E-state index contributed by atoms with van der Waals surface area (Å²) in [5.74, 6) is 1.22. The van der Waals surface area contributed by atoms with Crippen molar-refractivity contribution in [3.63, 3.8) is 0 Å². The number of methoxy groups -OCH3 is 2. The van der Waals surface area contributed by atoms with E-state index in [2.05, 4.69) is 6.07 Å². The minimum absolute atomic E-state index is 0.449. The second-order valence-corrected chi connectivity index (χ2v) is 3.60. The average Bonchev–Trinajstić information content (AvgIpc) is 2.35. The van der Waals surface area contributed by atoms with E-state index < -0.39 is 0 Å². The molecule has 0 aromatic heterocycles. The fourth-order valence-electron chi connectivity index (χ4n) is 1.55. The summed E-state index contributed by atoms with van der Waals surface area (Å²) in [5.41, 5.74) is 7.36. The van der Waals surface area contributed by atoms with Crippen molar-refractivity contribution in [2.45, 2.75) is 6.42 Å². The van der Waals surface area contributed by atoms with Crippen molar-refractivity contribution in [1.29, 1.82) is 5.26 Å². The zero-order valence-electron chi connectivity index (χ0n) is 10.4. The van der Waals surface area contributed by atoms with Crippen LogP contribution in [0.1, 0.15) is 6.42 Å². The minimum Gasteiger partial charge on any atom is -0.493 e. The maximum Gasteiger partial charge on any atom is 0.162 e. The van der Waals surface area contributed by atoms with Gasteiger partial charge in [-0.3, -0.25) is 0 Å². The molecule has 0 spiro atoms. The van der Waals surface area contributed by atoms with Gasteiger partial charge < -0.3 is 20.1 Å². The predicted molar refractivity (Wildman–Crippen MR) is 67.5 cm³/mol. The molecule has 1 aromatic carbocycles. The smallest absolute Gasteiger partial charge is 0.162 e. The molecule has 5 heteroatoms. The van der Waals surface area contributed by atoms with Gasteiger partial charge in [0, 0.05) is 25.7 Å². The van der Waals surface area contributed by atoms with Crippen molar-refractivity contribution < 1.29 is 9.47 Å². The zero-order chi connectivity index (χ0) is 12.8. The summed E-state index contributed by atoms with van der Waals surface area (Å²) in [6, 6.07) is 5.63. The summed E-state index contributed by atoms with van der Waals surface area (Å²) in [5, 5.41) is 8.56.